The Bertz CT molecular complexity index is 667. The van der Waals surface area contributed by atoms with E-state index in [1.54, 1.807) is 25.3 Å². The van der Waals surface area contributed by atoms with Crippen LogP contribution in [0.5, 0.6) is 17.2 Å². The van der Waals surface area contributed by atoms with Crippen LogP contribution in [0, 0.1) is 11.3 Å². The number of benzene rings is 2. The number of methoxy groups -OCH3 is 1. The first-order chi connectivity index (χ1) is 9.66. The second-order valence-electron chi connectivity index (χ2n) is 4.00. The van der Waals surface area contributed by atoms with Crippen molar-refractivity contribution in [3.63, 3.8) is 0 Å². The smallest absolute Gasteiger partial charge is 0.132 e. The Morgan fingerprint density at radius 1 is 1.20 bits per heavy atom. The van der Waals surface area contributed by atoms with Gasteiger partial charge in [0.05, 0.1) is 24.6 Å². The molecular formula is C15H11BrClNO2. The summed E-state index contributed by atoms with van der Waals surface area (Å²) in [4.78, 5) is 0. The van der Waals surface area contributed by atoms with E-state index < -0.39 is 0 Å². The molecule has 0 aliphatic heterocycles. The van der Waals surface area contributed by atoms with Gasteiger partial charge in [-0.1, -0.05) is 22.0 Å². The minimum atomic E-state index is 0.345. The van der Waals surface area contributed by atoms with Gasteiger partial charge in [-0.2, -0.15) is 5.26 Å². The Balaban J connectivity index is 2.39. The molecular weight excluding hydrogens is 342 g/mol. The molecule has 2 aromatic rings. The number of alkyl halides is 1. The Morgan fingerprint density at radius 2 is 1.95 bits per heavy atom. The normalized spacial score (nSPS) is 9.90. The molecule has 20 heavy (non-hydrogen) atoms. The van der Waals surface area contributed by atoms with E-state index >= 15 is 0 Å². The zero-order valence-electron chi connectivity index (χ0n) is 10.7. The fourth-order valence-electron chi connectivity index (χ4n) is 1.67. The van der Waals surface area contributed by atoms with Gasteiger partial charge in [-0.15, -0.1) is 11.6 Å². The van der Waals surface area contributed by atoms with E-state index in [1.165, 1.54) is 0 Å². The van der Waals surface area contributed by atoms with Crippen molar-refractivity contribution in [3.05, 3.63) is 52.0 Å². The van der Waals surface area contributed by atoms with Crippen molar-refractivity contribution in [2.45, 2.75) is 5.88 Å². The predicted octanol–water partition coefficient (Wildman–Crippen LogP) is 4.86. The zero-order valence-corrected chi connectivity index (χ0v) is 13.0. The van der Waals surface area contributed by atoms with E-state index in [0.717, 1.165) is 10.0 Å². The predicted molar refractivity (Wildman–Crippen MR) is 81.5 cm³/mol. The van der Waals surface area contributed by atoms with Gasteiger partial charge in [0, 0.05) is 16.1 Å². The molecule has 0 fully saturated rings. The van der Waals surface area contributed by atoms with E-state index in [4.69, 9.17) is 26.3 Å². The van der Waals surface area contributed by atoms with Crippen molar-refractivity contribution in [2.75, 3.05) is 7.11 Å². The minimum Gasteiger partial charge on any atom is -0.497 e. The Labute approximate surface area is 130 Å². The lowest BCUT2D eigenvalue weighted by molar-refractivity contribution is 0.408. The van der Waals surface area contributed by atoms with Gasteiger partial charge in [0.15, 0.2) is 0 Å². The molecule has 0 radical (unpaired) electrons. The van der Waals surface area contributed by atoms with Crippen molar-refractivity contribution in [3.8, 4) is 23.3 Å². The highest BCUT2D eigenvalue weighted by Gasteiger charge is 2.08. The monoisotopic (exact) mass is 351 g/mol. The average molecular weight is 353 g/mol. The molecule has 0 unspecified atom stereocenters. The minimum absolute atomic E-state index is 0.345. The molecule has 0 amide bonds. The fourth-order valence-corrected chi connectivity index (χ4v) is 2.23. The standard InChI is InChI=1S/C15H11BrClNO2/c1-19-13-4-10(9-18)5-14(7-13)20-15-6-12(16)3-2-11(15)8-17/h2-7H,8H2,1H3. The van der Waals surface area contributed by atoms with Crippen molar-refractivity contribution in [2.24, 2.45) is 0 Å². The zero-order chi connectivity index (χ0) is 14.5. The van der Waals surface area contributed by atoms with Gasteiger partial charge < -0.3 is 9.47 Å². The third kappa shape index (κ3) is 3.44. The number of nitriles is 1. The first-order valence-electron chi connectivity index (χ1n) is 5.77. The summed E-state index contributed by atoms with van der Waals surface area (Å²) >= 11 is 9.29. The van der Waals surface area contributed by atoms with E-state index in [1.807, 2.05) is 18.2 Å². The van der Waals surface area contributed by atoms with E-state index in [-0.39, 0.29) is 0 Å². The first-order valence-corrected chi connectivity index (χ1v) is 7.10. The van der Waals surface area contributed by atoms with E-state index in [9.17, 15) is 0 Å². The molecule has 0 bridgehead atoms. The highest BCUT2D eigenvalue weighted by atomic mass is 79.9. The Kier molecular flexibility index (Phi) is 4.89. The second-order valence-corrected chi connectivity index (χ2v) is 5.18. The molecule has 2 rings (SSSR count). The topological polar surface area (TPSA) is 42.2 Å². The molecule has 0 N–H and O–H groups in total. The van der Waals surface area contributed by atoms with Crippen LogP contribution in [0.4, 0.5) is 0 Å². The molecule has 0 aromatic heterocycles. The molecule has 0 saturated carbocycles. The number of halogens is 2. The number of hydrogen-bond acceptors (Lipinski definition) is 3. The maximum atomic E-state index is 9.00. The van der Waals surface area contributed by atoms with Gasteiger partial charge in [0.25, 0.3) is 0 Å². The molecule has 3 nitrogen and oxygen atoms in total. The molecule has 0 heterocycles. The highest BCUT2D eigenvalue weighted by Crippen LogP contribution is 2.32. The van der Waals surface area contributed by atoms with Gasteiger partial charge in [-0.25, -0.2) is 0 Å². The van der Waals surface area contributed by atoms with Crippen LogP contribution in [0.15, 0.2) is 40.9 Å². The van der Waals surface area contributed by atoms with Crippen molar-refractivity contribution in [1.82, 2.24) is 0 Å². The number of rotatable bonds is 4. The third-order valence-electron chi connectivity index (χ3n) is 2.65. The fraction of sp³-hybridized carbons (Fsp3) is 0.133. The lowest BCUT2D eigenvalue weighted by Gasteiger charge is -2.11. The van der Waals surface area contributed by atoms with Crippen LogP contribution in [0.25, 0.3) is 0 Å². The van der Waals surface area contributed by atoms with Crippen LogP contribution in [0.2, 0.25) is 0 Å². The summed E-state index contributed by atoms with van der Waals surface area (Å²) < 4.78 is 11.9. The molecule has 0 saturated heterocycles. The van der Waals surface area contributed by atoms with Gasteiger partial charge >= 0.3 is 0 Å². The molecule has 102 valence electrons. The molecule has 0 aliphatic carbocycles. The number of nitrogens with zero attached hydrogens (tertiary/aromatic N) is 1. The van der Waals surface area contributed by atoms with Crippen LogP contribution in [0.3, 0.4) is 0 Å². The van der Waals surface area contributed by atoms with Crippen LogP contribution in [0.1, 0.15) is 11.1 Å². The molecule has 5 heteroatoms. The summed E-state index contributed by atoms with van der Waals surface area (Å²) in [5.74, 6) is 2.09. The van der Waals surface area contributed by atoms with Gasteiger partial charge in [-0.3, -0.25) is 0 Å². The van der Waals surface area contributed by atoms with Gasteiger partial charge in [0.2, 0.25) is 0 Å². The largest absolute Gasteiger partial charge is 0.497 e. The van der Waals surface area contributed by atoms with Crippen molar-refractivity contribution >= 4 is 27.5 Å². The lowest BCUT2D eigenvalue weighted by Crippen LogP contribution is -1.92. The summed E-state index contributed by atoms with van der Waals surface area (Å²) in [5.41, 5.74) is 1.35. The van der Waals surface area contributed by atoms with Crippen LogP contribution in [-0.4, -0.2) is 7.11 Å². The Morgan fingerprint density at radius 3 is 2.60 bits per heavy atom. The number of hydrogen-bond donors (Lipinski definition) is 0. The van der Waals surface area contributed by atoms with Gasteiger partial charge in [-0.05, 0) is 24.3 Å². The molecule has 2 aromatic carbocycles. The summed E-state index contributed by atoms with van der Waals surface area (Å²) in [7, 11) is 1.55. The van der Waals surface area contributed by atoms with Crippen LogP contribution < -0.4 is 9.47 Å². The summed E-state index contributed by atoms with van der Waals surface area (Å²) in [5, 5.41) is 9.00. The van der Waals surface area contributed by atoms with E-state index in [0.29, 0.717) is 28.7 Å². The maximum absolute atomic E-state index is 9.00. The summed E-state index contributed by atoms with van der Waals surface area (Å²) in [6.07, 6.45) is 0. The molecule has 0 spiro atoms. The molecule has 0 atom stereocenters. The third-order valence-corrected chi connectivity index (χ3v) is 3.43. The van der Waals surface area contributed by atoms with Gasteiger partial charge in [0.1, 0.15) is 17.2 Å². The number of ether oxygens (including phenoxy) is 2. The summed E-state index contributed by atoms with van der Waals surface area (Å²) in [6, 6.07) is 12.7. The van der Waals surface area contributed by atoms with E-state index in [2.05, 4.69) is 22.0 Å². The summed E-state index contributed by atoms with van der Waals surface area (Å²) in [6.45, 7) is 0. The molecule has 0 aliphatic rings. The van der Waals surface area contributed by atoms with Crippen LogP contribution >= 0.6 is 27.5 Å². The van der Waals surface area contributed by atoms with Crippen molar-refractivity contribution in [1.29, 1.82) is 5.26 Å². The Hall–Kier alpha value is -1.70. The quantitative estimate of drug-likeness (QED) is 0.738. The maximum Gasteiger partial charge on any atom is 0.132 e. The average Bonchev–Trinajstić information content (AvgIpc) is 2.47. The first kappa shape index (κ1) is 14.7. The van der Waals surface area contributed by atoms with Crippen molar-refractivity contribution < 1.29 is 9.47 Å². The SMILES string of the molecule is COc1cc(C#N)cc(Oc2cc(Br)ccc2CCl)c1. The second kappa shape index (κ2) is 6.65. The lowest BCUT2D eigenvalue weighted by atomic mass is 10.2. The highest BCUT2D eigenvalue weighted by molar-refractivity contribution is 9.10. The van der Waals surface area contributed by atoms with Crippen LogP contribution in [-0.2, 0) is 5.88 Å².